The molecule has 0 unspecified atom stereocenters. The van der Waals surface area contributed by atoms with Crippen molar-refractivity contribution in [2.45, 2.75) is 105 Å². The zero-order valence-corrected chi connectivity index (χ0v) is 19.8. The second-order valence-corrected chi connectivity index (χ2v) is 14.0. The van der Waals surface area contributed by atoms with E-state index in [-0.39, 0.29) is 0 Å². The number of rotatable bonds is 19. The van der Waals surface area contributed by atoms with Gasteiger partial charge in [-0.15, -0.1) is 7.92 Å². The predicted molar refractivity (Wildman–Crippen MR) is 122 cm³/mol. The lowest BCUT2D eigenvalue weighted by atomic mass is 10.2. The number of hydrogen-bond acceptors (Lipinski definition) is 1. The maximum atomic E-state index is 13.1. The van der Waals surface area contributed by atoms with Crippen molar-refractivity contribution >= 4 is 15.1 Å². The molecule has 0 aliphatic rings. The van der Waals surface area contributed by atoms with E-state index in [2.05, 4.69) is 27.7 Å². The molecule has 0 aromatic carbocycles. The van der Waals surface area contributed by atoms with E-state index in [0.29, 0.717) is 7.92 Å². The van der Waals surface area contributed by atoms with Gasteiger partial charge in [0.2, 0.25) is 0 Å². The van der Waals surface area contributed by atoms with E-state index < -0.39 is 7.14 Å². The minimum atomic E-state index is -1.85. The molecule has 0 aromatic rings. The summed E-state index contributed by atoms with van der Waals surface area (Å²) in [6.45, 7) is 9.09. The fourth-order valence-corrected chi connectivity index (χ4v) is 9.54. The summed E-state index contributed by atoms with van der Waals surface area (Å²) in [5.74, 6) is 0. The molecule has 0 aliphatic carbocycles. The second-order valence-electron chi connectivity index (χ2n) is 7.90. The lowest BCUT2D eigenvalue weighted by Gasteiger charge is -2.19. The highest BCUT2D eigenvalue weighted by atomic mass is 31.2. The van der Waals surface area contributed by atoms with Crippen LogP contribution < -0.4 is 0 Å². The molecule has 0 bridgehead atoms. The predicted octanol–water partition coefficient (Wildman–Crippen LogP) is 8.59. The first-order chi connectivity index (χ1) is 12.1. The molecular formula is C22H48OP2. The van der Waals surface area contributed by atoms with E-state index in [4.69, 9.17) is 0 Å². The van der Waals surface area contributed by atoms with Crippen LogP contribution in [0.5, 0.6) is 0 Å². The van der Waals surface area contributed by atoms with Gasteiger partial charge in [0.05, 0.1) is 7.14 Å². The van der Waals surface area contributed by atoms with Crippen LogP contribution in [0.15, 0.2) is 0 Å². The Hall–Kier alpha value is 0.660. The van der Waals surface area contributed by atoms with Crippen molar-refractivity contribution in [1.29, 1.82) is 0 Å². The van der Waals surface area contributed by atoms with Crippen LogP contribution in [-0.2, 0) is 4.57 Å². The van der Waals surface area contributed by atoms with E-state index in [9.17, 15) is 4.57 Å². The Morgan fingerprint density at radius 3 is 1.40 bits per heavy atom. The van der Waals surface area contributed by atoms with Gasteiger partial charge < -0.3 is 4.57 Å². The largest absolute Gasteiger partial charge is 0.324 e. The molecule has 25 heavy (non-hydrogen) atoms. The lowest BCUT2D eigenvalue weighted by Crippen LogP contribution is -2.01. The van der Waals surface area contributed by atoms with Gasteiger partial charge in [0.25, 0.3) is 0 Å². The van der Waals surface area contributed by atoms with Crippen LogP contribution in [0.3, 0.4) is 0 Å². The number of unbranched alkanes of at least 4 members (excludes halogenated alkanes) is 7. The Labute approximate surface area is 161 Å². The summed E-state index contributed by atoms with van der Waals surface area (Å²) in [6.07, 6.45) is 23.2. The Morgan fingerprint density at radius 1 is 0.520 bits per heavy atom. The van der Waals surface area contributed by atoms with Crippen molar-refractivity contribution < 1.29 is 4.57 Å². The quantitative estimate of drug-likeness (QED) is 0.159. The zero-order valence-electron chi connectivity index (χ0n) is 18.0. The standard InChI is InChI=1S/C22H48OP2/c1-5-9-17-24(18-10-6-2)19-15-13-14-16-22-25(23,20-11-7-3)21-12-8-4/h5-22H2,1-4H3. The highest BCUT2D eigenvalue weighted by Gasteiger charge is 2.20. The van der Waals surface area contributed by atoms with Crippen molar-refractivity contribution in [3.63, 3.8) is 0 Å². The van der Waals surface area contributed by atoms with Crippen LogP contribution in [0.25, 0.3) is 0 Å². The van der Waals surface area contributed by atoms with Crippen LogP contribution in [0.1, 0.15) is 105 Å². The monoisotopic (exact) mass is 390 g/mol. The van der Waals surface area contributed by atoms with Crippen LogP contribution in [-0.4, -0.2) is 37.0 Å². The van der Waals surface area contributed by atoms with Gasteiger partial charge in [-0.25, -0.2) is 0 Å². The Bertz CT molecular complexity index is 297. The van der Waals surface area contributed by atoms with Gasteiger partial charge in [0.15, 0.2) is 0 Å². The summed E-state index contributed by atoms with van der Waals surface area (Å²) >= 11 is 0. The van der Waals surface area contributed by atoms with Gasteiger partial charge in [0, 0.05) is 18.5 Å². The molecule has 0 saturated carbocycles. The molecule has 0 aromatic heterocycles. The van der Waals surface area contributed by atoms with Crippen molar-refractivity contribution in [1.82, 2.24) is 0 Å². The summed E-state index contributed by atoms with van der Waals surface area (Å²) in [5.41, 5.74) is 0. The molecule has 0 atom stereocenters. The van der Waals surface area contributed by atoms with Gasteiger partial charge >= 0.3 is 0 Å². The van der Waals surface area contributed by atoms with Crippen molar-refractivity contribution in [2.24, 2.45) is 0 Å². The third kappa shape index (κ3) is 15.4. The normalized spacial score (nSPS) is 12.2. The smallest absolute Gasteiger partial charge is 0.0877 e. The molecule has 0 rings (SSSR count). The first-order valence-electron chi connectivity index (χ1n) is 11.4. The van der Waals surface area contributed by atoms with Crippen LogP contribution in [0, 0.1) is 0 Å². The topological polar surface area (TPSA) is 17.1 Å². The van der Waals surface area contributed by atoms with Crippen LogP contribution >= 0.6 is 15.1 Å². The van der Waals surface area contributed by atoms with E-state index >= 15 is 0 Å². The van der Waals surface area contributed by atoms with Gasteiger partial charge in [-0.2, -0.15) is 0 Å². The van der Waals surface area contributed by atoms with E-state index in [0.717, 1.165) is 18.5 Å². The average Bonchev–Trinajstić information content (AvgIpc) is 2.62. The summed E-state index contributed by atoms with van der Waals surface area (Å²) in [7, 11) is -1.53. The lowest BCUT2D eigenvalue weighted by molar-refractivity contribution is 0.565. The molecule has 0 saturated heterocycles. The molecular weight excluding hydrogens is 342 g/mol. The van der Waals surface area contributed by atoms with E-state index in [1.54, 1.807) is 0 Å². The maximum Gasteiger partial charge on any atom is 0.0877 e. The minimum absolute atomic E-state index is 0.313. The van der Waals surface area contributed by atoms with E-state index in [1.807, 2.05) is 0 Å². The summed E-state index contributed by atoms with van der Waals surface area (Å²) in [4.78, 5) is 0. The van der Waals surface area contributed by atoms with Crippen molar-refractivity contribution in [3.8, 4) is 0 Å². The third-order valence-corrected chi connectivity index (χ3v) is 11.5. The average molecular weight is 391 g/mol. The molecule has 1 nitrogen and oxygen atoms in total. The molecule has 0 fully saturated rings. The summed E-state index contributed by atoms with van der Waals surface area (Å²) in [6, 6.07) is 0. The van der Waals surface area contributed by atoms with Crippen molar-refractivity contribution in [3.05, 3.63) is 0 Å². The Morgan fingerprint density at radius 2 is 0.920 bits per heavy atom. The first kappa shape index (κ1) is 25.7. The first-order valence-corrected chi connectivity index (χ1v) is 15.6. The van der Waals surface area contributed by atoms with Crippen LogP contribution in [0.4, 0.5) is 0 Å². The number of hydrogen-bond donors (Lipinski definition) is 0. The van der Waals surface area contributed by atoms with Crippen molar-refractivity contribution in [2.75, 3.05) is 37.0 Å². The highest BCUT2D eigenvalue weighted by Crippen LogP contribution is 2.48. The molecule has 152 valence electrons. The fourth-order valence-electron chi connectivity index (χ4n) is 3.42. The summed E-state index contributed by atoms with van der Waals surface area (Å²) in [5, 5.41) is 0. The molecule has 0 amide bonds. The van der Waals surface area contributed by atoms with Gasteiger partial charge in [0.1, 0.15) is 0 Å². The highest BCUT2D eigenvalue weighted by molar-refractivity contribution is 7.63. The molecule has 0 spiro atoms. The fraction of sp³-hybridized carbons (Fsp3) is 1.00. The van der Waals surface area contributed by atoms with Crippen LogP contribution in [0.2, 0.25) is 0 Å². The molecule has 0 heterocycles. The van der Waals surface area contributed by atoms with Gasteiger partial charge in [-0.3, -0.25) is 0 Å². The summed E-state index contributed by atoms with van der Waals surface area (Å²) < 4.78 is 13.1. The Kier molecular flexibility index (Phi) is 18.5. The molecule has 0 radical (unpaired) electrons. The molecule has 0 N–H and O–H groups in total. The third-order valence-electron chi connectivity index (χ3n) is 5.28. The molecule has 3 heteroatoms. The van der Waals surface area contributed by atoms with Gasteiger partial charge in [-0.1, -0.05) is 66.2 Å². The second kappa shape index (κ2) is 18.0. The van der Waals surface area contributed by atoms with Gasteiger partial charge in [-0.05, 0) is 57.0 Å². The Balaban J connectivity index is 3.96. The zero-order chi connectivity index (χ0) is 18.8. The maximum absolute atomic E-state index is 13.1. The van der Waals surface area contributed by atoms with E-state index in [1.165, 1.54) is 95.5 Å². The molecule has 0 aliphatic heterocycles. The SMILES string of the molecule is CCCCP(CCCC)CCCCCCP(=O)(CCCC)CCCC. The minimum Gasteiger partial charge on any atom is -0.324 e.